The monoisotopic (exact) mass is 307 g/mol. The highest BCUT2D eigenvalue weighted by Crippen LogP contribution is 2.32. The summed E-state index contributed by atoms with van der Waals surface area (Å²) in [5, 5.41) is 4.88. The second kappa shape index (κ2) is 6.62. The Morgan fingerprint density at radius 1 is 1.05 bits per heavy atom. The Bertz CT molecular complexity index is 608. The third kappa shape index (κ3) is 3.17. The molecular weight excluding hydrogens is 289 g/mol. The first-order valence-corrected chi connectivity index (χ1v) is 7.54. The largest absolute Gasteiger partial charge is 0.306 e. The minimum absolute atomic E-state index is 0.0877. The fourth-order valence-electron chi connectivity index (χ4n) is 2.41. The summed E-state index contributed by atoms with van der Waals surface area (Å²) in [6.07, 6.45) is 0. The Balaban J connectivity index is 2.53. The van der Waals surface area contributed by atoms with Crippen molar-refractivity contribution in [2.24, 2.45) is 0 Å². The van der Waals surface area contributed by atoms with E-state index in [2.05, 4.69) is 44.3 Å². The summed E-state index contributed by atoms with van der Waals surface area (Å²) >= 11 is 12.4. The average Bonchev–Trinajstić information content (AvgIpc) is 2.40. The van der Waals surface area contributed by atoms with Gasteiger partial charge in [0.1, 0.15) is 0 Å². The molecule has 0 aliphatic rings. The topological polar surface area (TPSA) is 12.0 Å². The number of hydrogen-bond acceptors (Lipinski definition) is 1. The van der Waals surface area contributed by atoms with Crippen LogP contribution in [0.3, 0.4) is 0 Å². The Morgan fingerprint density at radius 3 is 2.45 bits per heavy atom. The quantitative estimate of drug-likeness (QED) is 0.807. The molecule has 1 unspecified atom stereocenters. The highest BCUT2D eigenvalue weighted by molar-refractivity contribution is 6.35. The van der Waals surface area contributed by atoms with E-state index in [0.717, 1.165) is 12.1 Å². The molecule has 0 spiro atoms. The molecule has 1 atom stereocenters. The Labute approximate surface area is 130 Å². The molecule has 0 heterocycles. The normalized spacial score (nSPS) is 12.4. The van der Waals surface area contributed by atoms with Crippen LogP contribution in [-0.2, 0) is 0 Å². The lowest BCUT2D eigenvalue weighted by molar-refractivity contribution is 0.627. The maximum Gasteiger partial charge on any atom is 0.0594 e. The molecule has 0 aliphatic heterocycles. The molecule has 1 N–H and O–H groups in total. The van der Waals surface area contributed by atoms with E-state index in [-0.39, 0.29) is 6.04 Å². The molecule has 2 rings (SSSR count). The average molecular weight is 308 g/mol. The first-order chi connectivity index (χ1) is 9.54. The molecule has 0 bridgehead atoms. The van der Waals surface area contributed by atoms with Gasteiger partial charge in [0.25, 0.3) is 0 Å². The van der Waals surface area contributed by atoms with Gasteiger partial charge >= 0.3 is 0 Å². The maximum absolute atomic E-state index is 6.38. The zero-order valence-electron chi connectivity index (χ0n) is 12.0. The molecule has 0 radical (unpaired) electrons. The van der Waals surface area contributed by atoms with E-state index in [4.69, 9.17) is 23.2 Å². The van der Waals surface area contributed by atoms with Gasteiger partial charge in [-0.3, -0.25) is 0 Å². The van der Waals surface area contributed by atoms with E-state index < -0.39 is 0 Å². The van der Waals surface area contributed by atoms with Gasteiger partial charge in [-0.05, 0) is 54.8 Å². The lowest BCUT2D eigenvalue weighted by atomic mass is 9.92. The summed E-state index contributed by atoms with van der Waals surface area (Å²) < 4.78 is 0. The zero-order valence-corrected chi connectivity index (χ0v) is 13.5. The predicted molar refractivity (Wildman–Crippen MR) is 87.9 cm³/mol. The van der Waals surface area contributed by atoms with Gasteiger partial charge in [0.2, 0.25) is 0 Å². The number of aryl methyl sites for hydroxylation is 1. The first-order valence-electron chi connectivity index (χ1n) is 6.79. The van der Waals surface area contributed by atoms with Gasteiger partial charge in [-0.1, -0.05) is 54.4 Å². The van der Waals surface area contributed by atoms with Gasteiger partial charge in [0, 0.05) is 10.0 Å². The standard InChI is InChI=1S/C17H19Cl2N/c1-4-20-17(14-7-5-6-11(2)12(14)3)15-9-8-13(18)10-16(15)19/h5-10,17,20H,4H2,1-3H3. The van der Waals surface area contributed by atoms with E-state index in [1.54, 1.807) is 6.07 Å². The van der Waals surface area contributed by atoms with Crippen molar-refractivity contribution in [2.75, 3.05) is 6.54 Å². The minimum atomic E-state index is 0.0877. The molecule has 0 saturated carbocycles. The molecule has 106 valence electrons. The van der Waals surface area contributed by atoms with Crippen LogP contribution >= 0.6 is 23.2 Å². The van der Waals surface area contributed by atoms with Gasteiger partial charge in [0.05, 0.1) is 6.04 Å². The van der Waals surface area contributed by atoms with E-state index in [1.807, 2.05) is 12.1 Å². The maximum atomic E-state index is 6.38. The van der Waals surface area contributed by atoms with Crippen molar-refractivity contribution < 1.29 is 0 Å². The Hall–Kier alpha value is -1.02. The van der Waals surface area contributed by atoms with Crippen LogP contribution < -0.4 is 5.32 Å². The highest BCUT2D eigenvalue weighted by atomic mass is 35.5. The van der Waals surface area contributed by atoms with Crippen LogP contribution in [0, 0.1) is 13.8 Å². The zero-order chi connectivity index (χ0) is 14.7. The van der Waals surface area contributed by atoms with Crippen molar-refractivity contribution in [3.05, 3.63) is 68.7 Å². The van der Waals surface area contributed by atoms with Gasteiger partial charge < -0.3 is 5.32 Å². The minimum Gasteiger partial charge on any atom is -0.306 e. The number of halogens is 2. The summed E-state index contributed by atoms with van der Waals surface area (Å²) in [4.78, 5) is 0. The highest BCUT2D eigenvalue weighted by Gasteiger charge is 2.18. The summed E-state index contributed by atoms with van der Waals surface area (Å²) in [6, 6.07) is 12.1. The number of hydrogen-bond donors (Lipinski definition) is 1. The van der Waals surface area contributed by atoms with Gasteiger partial charge in [-0.15, -0.1) is 0 Å². The van der Waals surface area contributed by atoms with Crippen molar-refractivity contribution in [2.45, 2.75) is 26.8 Å². The van der Waals surface area contributed by atoms with Crippen molar-refractivity contribution >= 4 is 23.2 Å². The molecular formula is C17H19Cl2N. The van der Waals surface area contributed by atoms with Crippen LogP contribution in [0.25, 0.3) is 0 Å². The Morgan fingerprint density at radius 2 is 1.80 bits per heavy atom. The summed E-state index contributed by atoms with van der Waals surface area (Å²) in [5.74, 6) is 0. The second-order valence-electron chi connectivity index (χ2n) is 4.95. The molecule has 20 heavy (non-hydrogen) atoms. The van der Waals surface area contributed by atoms with Crippen LogP contribution in [0.4, 0.5) is 0 Å². The van der Waals surface area contributed by atoms with Crippen LogP contribution in [0.1, 0.15) is 35.2 Å². The van der Waals surface area contributed by atoms with Gasteiger partial charge in [-0.2, -0.15) is 0 Å². The van der Waals surface area contributed by atoms with Crippen molar-refractivity contribution in [3.8, 4) is 0 Å². The van der Waals surface area contributed by atoms with Crippen LogP contribution in [0.2, 0.25) is 10.0 Å². The number of nitrogens with one attached hydrogen (secondary N) is 1. The molecule has 0 saturated heterocycles. The predicted octanol–water partition coefficient (Wildman–Crippen LogP) is 5.31. The van der Waals surface area contributed by atoms with Crippen molar-refractivity contribution in [1.29, 1.82) is 0 Å². The fourth-order valence-corrected chi connectivity index (χ4v) is 2.93. The molecule has 2 aromatic rings. The van der Waals surface area contributed by atoms with E-state index >= 15 is 0 Å². The van der Waals surface area contributed by atoms with Gasteiger partial charge in [0.15, 0.2) is 0 Å². The fraction of sp³-hybridized carbons (Fsp3) is 0.294. The summed E-state index contributed by atoms with van der Waals surface area (Å²) in [6.45, 7) is 7.25. The third-order valence-electron chi connectivity index (χ3n) is 3.64. The summed E-state index contributed by atoms with van der Waals surface area (Å²) in [7, 11) is 0. The lowest BCUT2D eigenvalue weighted by Gasteiger charge is -2.23. The van der Waals surface area contributed by atoms with Crippen LogP contribution in [0.5, 0.6) is 0 Å². The van der Waals surface area contributed by atoms with E-state index in [0.29, 0.717) is 10.0 Å². The molecule has 3 heteroatoms. The van der Waals surface area contributed by atoms with Crippen LogP contribution in [-0.4, -0.2) is 6.54 Å². The third-order valence-corrected chi connectivity index (χ3v) is 4.20. The van der Waals surface area contributed by atoms with Crippen molar-refractivity contribution in [1.82, 2.24) is 5.32 Å². The number of rotatable bonds is 4. The molecule has 1 nitrogen and oxygen atoms in total. The van der Waals surface area contributed by atoms with Crippen LogP contribution in [0.15, 0.2) is 36.4 Å². The molecule has 0 fully saturated rings. The molecule has 0 aromatic heterocycles. The van der Waals surface area contributed by atoms with Crippen molar-refractivity contribution in [3.63, 3.8) is 0 Å². The molecule has 0 aliphatic carbocycles. The van der Waals surface area contributed by atoms with E-state index in [9.17, 15) is 0 Å². The second-order valence-corrected chi connectivity index (χ2v) is 5.79. The SMILES string of the molecule is CCNC(c1ccc(Cl)cc1Cl)c1cccc(C)c1C. The smallest absolute Gasteiger partial charge is 0.0594 e. The summed E-state index contributed by atoms with van der Waals surface area (Å²) in [5.41, 5.74) is 4.91. The van der Waals surface area contributed by atoms with E-state index in [1.165, 1.54) is 16.7 Å². The van der Waals surface area contributed by atoms with Gasteiger partial charge in [-0.25, -0.2) is 0 Å². The Kier molecular flexibility index (Phi) is 5.09. The first kappa shape index (κ1) is 15.4. The molecule has 2 aromatic carbocycles. The number of benzene rings is 2. The molecule has 0 amide bonds. The lowest BCUT2D eigenvalue weighted by Crippen LogP contribution is -2.23.